The van der Waals surface area contributed by atoms with Crippen LogP contribution in [0.4, 0.5) is 5.69 Å². The maximum Gasteiger partial charge on any atom is 0.238 e. The molecule has 4 rings (SSSR count). The number of hydrogen-bond donors (Lipinski definition) is 3. The van der Waals surface area contributed by atoms with Gasteiger partial charge in [-0.05, 0) is 35.0 Å². The number of H-pyrrole nitrogens is 1. The van der Waals surface area contributed by atoms with E-state index < -0.39 is 0 Å². The van der Waals surface area contributed by atoms with Gasteiger partial charge in [0.1, 0.15) is 0 Å². The molecule has 0 radical (unpaired) electrons. The van der Waals surface area contributed by atoms with Crippen molar-refractivity contribution in [3.05, 3.63) is 60.2 Å². The second-order valence-corrected chi connectivity index (χ2v) is 7.01. The Hall–Kier alpha value is -3.10. The highest BCUT2D eigenvalue weighted by Gasteiger charge is 2.33. The fourth-order valence-corrected chi connectivity index (χ4v) is 3.74. The highest BCUT2D eigenvalue weighted by molar-refractivity contribution is 5.92. The number of likely N-dealkylation sites (tertiary alicyclic amines) is 1. The van der Waals surface area contributed by atoms with E-state index >= 15 is 0 Å². The van der Waals surface area contributed by atoms with Gasteiger partial charge >= 0.3 is 0 Å². The number of anilines is 1. The summed E-state index contributed by atoms with van der Waals surface area (Å²) in [6.45, 7) is 1.89. The molecular weight excluding hydrogens is 356 g/mol. The van der Waals surface area contributed by atoms with Crippen molar-refractivity contribution >= 4 is 11.6 Å². The number of tetrazole rings is 1. The topological polar surface area (TPSA) is 107 Å². The van der Waals surface area contributed by atoms with Crippen LogP contribution in [0.15, 0.2) is 54.6 Å². The third-order valence-corrected chi connectivity index (χ3v) is 5.12. The second kappa shape index (κ2) is 8.28. The lowest BCUT2D eigenvalue weighted by molar-refractivity contribution is -0.117. The minimum atomic E-state index is -0.0716. The van der Waals surface area contributed by atoms with Crippen LogP contribution in [-0.4, -0.2) is 62.8 Å². The van der Waals surface area contributed by atoms with E-state index in [-0.39, 0.29) is 24.3 Å². The van der Waals surface area contributed by atoms with Gasteiger partial charge < -0.3 is 10.4 Å². The maximum atomic E-state index is 12.5. The molecule has 2 heterocycles. The zero-order chi connectivity index (χ0) is 19.3. The van der Waals surface area contributed by atoms with Gasteiger partial charge in [0.2, 0.25) is 11.7 Å². The number of benzene rings is 2. The Morgan fingerprint density at radius 3 is 2.61 bits per heavy atom. The summed E-state index contributed by atoms with van der Waals surface area (Å²) in [5, 5.41) is 26.5. The molecule has 1 amide bonds. The van der Waals surface area contributed by atoms with Crippen molar-refractivity contribution in [2.24, 2.45) is 5.92 Å². The van der Waals surface area contributed by atoms with Crippen molar-refractivity contribution in [1.82, 2.24) is 25.5 Å². The lowest BCUT2D eigenvalue weighted by Crippen LogP contribution is -2.32. The zero-order valence-electron chi connectivity index (χ0n) is 15.3. The minimum Gasteiger partial charge on any atom is -0.396 e. The molecule has 2 atom stereocenters. The number of aromatic nitrogens is 4. The largest absolute Gasteiger partial charge is 0.396 e. The summed E-state index contributed by atoms with van der Waals surface area (Å²) >= 11 is 0. The second-order valence-electron chi connectivity index (χ2n) is 7.01. The molecule has 1 aliphatic heterocycles. The van der Waals surface area contributed by atoms with Crippen LogP contribution in [0, 0.1) is 5.92 Å². The number of aliphatic hydroxyl groups excluding tert-OH is 1. The van der Waals surface area contributed by atoms with Crippen LogP contribution in [-0.2, 0) is 4.79 Å². The maximum absolute atomic E-state index is 12.5. The third kappa shape index (κ3) is 4.08. The van der Waals surface area contributed by atoms with Crippen LogP contribution in [0.3, 0.4) is 0 Å². The van der Waals surface area contributed by atoms with E-state index in [1.54, 1.807) is 0 Å². The van der Waals surface area contributed by atoms with E-state index in [1.165, 1.54) is 5.56 Å². The Kier molecular flexibility index (Phi) is 5.41. The highest BCUT2D eigenvalue weighted by Crippen LogP contribution is 2.32. The predicted octanol–water partition coefficient (Wildman–Crippen LogP) is 1.51. The number of carbonyl (C=O) groups excluding carboxylic acids is 1. The molecule has 0 saturated carbocycles. The number of nitrogens with one attached hydrogen (secondary N) is 2. The van der Waals surface area contributed by atoms with Crippen molar-refractivity contribution in [3.63, 3.8) is 0 Å². The summed E-state index contributed by atoms with van der Waals surface area (Å²) in [5.41, 5.74) is 2.75. The standard InChI is InChI=1S/C20H22N6O2/c27-13-16-10-26(11-18(16)14-4-2-1-3-5-14)12-19(28)21-17-8-6-15(7-9-17)20-22-24-25-23-20/h1-9,16,18,27H,10-13H2,(H,21,28)(H,22,23,24,25)/t16-,18-/m0/s1. The summed E-state index contributed by atoms with van der Waals surface area (Å²) < 4.78 is 0. The molecule has 0 unspecified atom stereocenters. The molecule has 1 fully saturated rings. The van der Waals surface area contributed by atoms with Crippen molar-refractivity contribution in [1.29, 1.82) is 0 Å². The van der Waals surface area contributed by atoms with Crippen molar-refractivity contribution < 1.29 is 9.90 Å². The van der Waals surface area contributed by atoms with Gasteiger partial charge in [-0.2, -0.15) is 5.21 Å². The third-order valence-electron chi connectivity index (χ3n) is 5.12. The van der Waals surface area contributed by atoms with Gasteiger partial charge in [-0.1, -0.05) is 30.3 Å². The quantitative estimate of drug-likeness (QED) is 0.600. The first-order chi connectivity index (χ1) is 13.7. The number of rotatable bonds is 6. The normalized spacial score (nSPS) is 19.6. The van der Waals surface area contributed by atoms with E-state index in [4.69, 9.17) is 0 Å². The van der Waals surface area contributed by atoms with Gasteiger partial charge in [-0.25, -0.2) is 0 Å². The van der Waals surface area contributed by atoms with Gasteiger partial charge in [0.25, 0.3) is 0 Å². The molecule has 0 spiro atoms. The van der Waals surface area contributed by atoms with Gasteiger partial charge in [0.05, 0.1) is 6.54 Å². The van der Waals surface area contributed by atoms with Gasteiger partial charge in [0.15, 0.2) is 0 Å². The fourth-order valence-electron chi connectivity index (χ4n) is 3.74. The molecular formula is C20H22N6O2. The molecule has 3 N–H and O–H groups in total. The Labute approximate surface area is 162 Å². The summed E-state index contributed by atoms with van der Waals surface area (Å²) in [6, 6.07) is 17.5. The zero-order valence-corrected chi connectivity index (χ0v) is 15.3. The van der Waals surface area contributed by atoms with Crippen LogP contribution >= 0.6 is 0 Å². The summed E-state index contributed by atoms with van der Waals surface area (Å²) in [7, 11) is 0. The van der Waals surface area contributed by atoms with Crippen LogP contribution < -0.4 is 5.32 Å². The van der Waals surface area contributed by atoms with Crippen LogP contribution in [0.2, 0.25) is 0 Å². The first-order valence-electron chi connectivity index (χ1n) is 9.25. The number of aliphatic hydroxyl groups is 1. The fraction of sp³-hybridized carbons (Fsp3) is 0.300. The molecule has 1 aliphatic rings. The van der Waals surface area contributed by atoms with Crippen LogP contribution in [0.25, 0.3) is 11.4 Å². The Morgan fingerprint density at radius 1 is 1.14 bits per heavy atom. The lowest BCUT2D eigenvalue weighted by atomic mass is 9.90. The first-order valence-corrected chi connectivity index (χ1v) is 9.25. The van der Waals surface area contributed by atoms with Gasteiger partial charge in [-0.3, -0.25) is 9.69 Å². The number of nitrogens with zero attached hydrogens (tertiary/aromatic N) is 4. The summed E-state index contributed by atoms with van der Waals surface area (Å²) in [4.78, 5) is 14.6. The van der Waals surface area contributed by atoms with Crippen molar-refractivity contribution in [2.75, 3.05) is 31.6 Å². The van der Waals surface area contributed by atoms with Gasteiger partial charge in [-0.15, -0.1) is 10.2 Å². The van der Waals surface area contributed by atoms with Crippen LogP contribution in [0.5, 0.6) is 0 Å². The Bertz CT molecular complexity index is 898. The average molecular weight is 378 g/mol. The predicted molar refractivity (Wildman–Crippen MR) is 104 cm³/mol. The summed E-state index contributed by atoms with van der Waals surface area (Å²) in [5.74, 6) is 0.826. The smallest absolute Gasteiger partial charge is 0.238 e. The number of aromatic amines is 1. The summed E-state index contributed by atoms with van der Waals surface area (Å²) in [6.07, 6.45) is 0. The molecule has 144 valence electrons. The SMILES string of the molecule is O=C(CN1C[C@@H](CO)[C@H](c2ccccc2)C1)Nc1ccc(-c2nn[nH]n2)cc1. The minimum absolute atomic E-state index is 0.0716. The van der Waals surface area contributed by atoms with Crippen LogP contribution in [0.1, 0.15) is 11.5 Å². The van der Waals surface area contributed by atoms with E-state index in [9.17, 15) is 9.90 Å². The Morgan fingerprint density at radius 2 is 1.93 bits per heavy atom. The number of carbonyl (C=O) groups is 1. The molecule has 1 aromatic heterocycles. The number of hydrogen-bond acceptors (Lipinski definition) is 6. The molecule has 8 heteroatoms. The van der Waals surface area contributed by atoms with E-state index in [2.05, 4.69) is 43.0 Å². The van der Waals surface area contributed by atoms with Crippen molar-refractivity contribution in [2.45, 2.75) is 5.92 Å². The molecule has 1 saturated heterocycles. The van der Waals surface area contributed by atoms with Crippen molar-refractivity contribution in [3.8, 4) is 11.4 Å². The monoisotopic (exact) mass is 378 g/mol. The molecule has 8 nitrogen and oxygen atoms in total. The molecule has 2 aromatic carbocycles. The van der Waals surface area contributed by atoms with E-state index in [0.29, 0.717) is 18.9 Å². The highest BCUT2D eigenvalue weighted by atomic mass is 16.3. The first kappa shape index (κ1) is 18.3. The number of amides is 1. The molecule has 0 bridgehead atoms. The lowest BCUT2D eigenvalue weighted by Gasteiger charge is -2.16. The molecule has 0 aliphatic carbocycles. The van der Waals surface area contributed by atoms with E-state index in [1.807, 2.05) is 42.5 Å². The molecule has 3 aromatic rings. The van der Waals surface area contributed by atoms with Gasteiger partial charge in [0, 0.05) is 42.8 Å². The Balaban J connectivity index is 1.35. The van der Waals surface area contributed by atoms with E-state index in [0.717, 1.165) is 17.8 Å². The molecule has 28 heavy (non-hydrogen) atoms. The average Bonchev–Trinajstić information content (AvgIpc) is 3.39.